The van der Waals surface area contributed by atoms with E-state index in [-0.39, 0.29) is 0 Å². The van der Waals surface area contributed by atoms with Crippen molar-refractivity contribution in [2.24, 2.45) is 0 Å². The fourth-order valence-electron chi connectivity index (χ4n) is 2.85. The molecule has 0 aliphatic carbocycles. The van der Waals surface area contributed by atoms with Gasteiger partial charge in [-0.1, -0.05) is 19.4 Å². The van der Waals surface area contributed by atoms with Crippen LogP contribution >= 0.6 is 0 Å². The van der Waals surface area contributed by atoms with E-state index in [1.54, 1.807) is 0 Å². The number of fused-ring (bicyclic) bond motifs is 1. The van der Waals surface area contributed by atoms with E-state index in [0.717, 1.165) is 31.4 Å². The first-order valence-electron chi connectivity index (χ1n) is 7.17. The van der Waals surface area contributed by atoms with E-state index in [4.69, 9.17) is 4.74 Å². The van der Waals surface area contributed by atoms with Crippen LogP contribution in [0.1, 0.15) is 32.6 Å². The van der Waals surface area contributed by atoms with Gasteiger partial charge in [-0.15, -0.1) is 0 Å². The van der Waals surface area contributed by atoms with Crippen molar-refractivity contribution in [3.8, 4) is 0 Å². The number of aromatic nitrogens is 2. The van der Waals surface area contributed by atoms with E-state index in [2.05, 4.69) is 40.6 Å². The average molecular weight is 259 g/mol. The Morgan fingerprint density at radius 1 is 1.47 bits per heavy atom. The van der Waals surface area contributed by atoms with Crippen LogP contribution in [0.2, 0.25) is 0 Å². The summed E-state index contributed by atoms with van der Waals surface area (Å²) in [6, 6.07) is 6.75. The molecule has 0 bridgehead atoms. The summed E-state index contributed by atoms with van der Waals surface area (Å²) >= 11 is 0. The monoisotopic (exact) mass is 259 g/mol. The summed E-state index contributed by atoms with van der Waals surface area (Å²) in [6.45, 7) is 3.08. The molecule has 0 radical (unpaired) electrons. The van der Waals surface area contributed by atoms with Gasteiger partial charge in [-0.3, -0.25) is 5.10 Å². The van der Waals surface area contributed by atoms with Gasteiger partial charge in [0.1, 0.15) is 0 Å². The van der Waals surface area contributed by atoms with Gasteiger partial charge in [0.05, 0.1) is 17.8 Å². The Labute approximate surface area is 113 Å². The molecule has 3 rings (SSSR count). The summed E-state index contributed by atoms with van der Waals surface area (Å²) in [5.41, 5.74) is 2.26. The van der Waals surface area contributed by atoms with Gasteiger partial charge in [-0.2, -0.15) is 5.10 Å². The predicted molar refractivity (Wildman–Crippen MR) is 77.4 cm³/mol. The third-order valence-electron chi connectivity index (χ3n) is 3.82. The molecule has 2 atom stereocenters. The maximum atomic E-state index is 5.80. The Bertz CT molecular complexity index is 535. The topological polar surface area (TPSA) is 49.9 Å². The van der Waals surface area contributed by atoms with Crippen molar-refractivity contribution < 1.29 is 4.74 Å². The van der Waals surface area contributed by atoms with Gasteiger partial charge in [0.15, 0.2) is 0 Å². The molecule has 4 nitrogen and oxygen atoms in total. The van der Waals surface area contributed by atoms with Gasteiger partial charge >= 0.3 is 0 Å². The quantitative estimate of drug-likeness (QED) is 0.885. The van der Waals surface area contributed by atoms with Crippen LogP contribution < -0.4 is 5.32 Å². The molecule has 1 saturated heterocycles. The number of rotatable bonds is 4. The molecule has 2 N–H and O–H groups in total. The third kappa shape index (κ3) is 2.73. The van der Waals surface area contributed by atoms with Crippen molar-refractivity contribution in [2.45, 2.75) is 44.8 Å². The van der Waals surface area contributed by atoms with Crippen molar-refractivity contribution in [2.75, 3.05) is 11.9 Å². The first kappa shape index (κ1) is 12.5. The van der Waals surface area contributed by atoms with Crippen molar-refractivity contribution >= 4 is 16.6 Å². The average Bonchev–Trinajstić information content (AvgIpc) is 2.89. The van der Waals surface area contributed by atoms with E-state index in [9.17, 15) is 0 Å². The number of benzene rings is 1. The lowest BCUT2D eigenvalue weighted by atomic mass is 9.99. The molecule has 2 heterocycles. The number of hydrogen-bond donors (Lipinski definition) is 2. The summed E-state index contributed by atoms with van der Waals surface area (Å²) in [5.74, 6) is 0. The van der Waals surface area contributed by atoms with Crippen LogP contribution in [0.4, 0.5) is 5.69 Å². The van der Waals surface area contributed by atoms with Gasteiger partial charge < -0.3 is 10.1 Å². The molecular weight excluding hydrogens is 238 g/mol. The molecule has 2 aromatic rings. The number of hydrogen-bond acceptors (Lipinski definition) is 3. The highest BCUT2D eigenvalue weighted by Crippen LogP contribution is 2.26. The van der Waals surface area contributed by atoms with Crippen LogP contribution in [0.3, 0.4) is 0 Å². The maximum Gasteiger partial charge on any atom is 0.0671 e. The van der Waals surface area contributed by atoms with Crippen LogP contribution in [-0.4, -0.2) is 29.0 Å². The van der Waals surface area contributed by atoms with E-state index >= 15 is 0 Å². The minimum Gasteiger partial charge on any atom is -0.382 e. The number of nitrogens with zero attached hydrogens (tertiary/aromatic N) is 1. The molecule has 1 aromatic carbocycles. The smallest absolute Gasteiger partial charge is 0.0671 e. The second-order valence-corrected chi connectivity index (χ2v) is 5.28. The lowest BCUT2D eigenvalue weighted by Gasteiger charge is -2.30. The zero-order valence-corrected chi connectivity index (χ0v) is 11.4. The summed E-state index contributed by atoms with van der Waals surface area (Å²) in [7, 11) is 0. The lowest BCUT2D eigenvalue weighted by molar-refractivity contribution is 0.00599. The molecule has 1 fully saturated rings. The number of aromatic amines is 1. The zero-order chi connectivity index (χ0) is 13.1. The Balaban J connectivity index is 1.72. The number of ether oxygens (including phenoxy) is 1. The first-order chi connectivity index (χ1) is 9.36. The van der Waals surface area contributed by atoms with E-state index in [1.807, 2.05) is 6.20 Å². The minimum absolute atomic E-state index is 0.416. The number of nitrogens with one attached hydrogen (secondary N) is 2. The highest BCUT2D eigenvalue weighted by atomic mass is 16.5. The Kier molecular flexibility index (Phi) is 3.69. The van der Waals surface area contributed by atoms with Crippen LogP contribution in [0, 0.1) is 0 Å². The lowest BCUT2D eigenvalue weighted by Crippen LogP contribution is -2.34. The minimum atomic E-state index is 0.416. The molecule has 0 spiro atoms. The summed E-state index contributed by atoms with van der Waals surface area (Å²) < 4.78 is 5.80. The molecule has 102 valence electrons. The number of H-pyrrole nitrogens is 1. The predicted octanol–water partition coefficient (Wildman–Crippen LogP) is 3.32. The Hall–Kier alpha value is -1.55. The molecule has 0 amide bonds. The first-order valence-corrected chi connectivity index (χ1v) is 7.17. The van der Waals surface area contributed by atoms with E-state index in [1.165, 1.54) is 17.5 Å². The second kappa shape index (κ2) is 5.61. The van der Waals surface area contributed by atoms with E-state index in [0.29, 0.717) is 12.1 Å². The fourth-order valence-corrected chi connectivity index (χ4v) is 2.85. The SMILES string of the molecule is CCCC1CC(Nc2cccc3[nH]ncc23)CCO1. The molecule has 1 aliphatic heterocycles. The Morgan fingerprint density at radius 3 is 3.32 bits per heavy atom. The Morgan fingerprint density at radius 2 is 2.42 bits per heavy atom. The van der Waals surface area contributed by atoms with Crippen molar-refractivity contribution in [1.82, 2.24) is 10.2 Å². The van der Waals surface area contributed by atoms with Crippen molar-refractivity contribution in [3.63, 3.8) is 0 Å². The summed E-state index contributed by atoms with van der Waals surface area (Å²) in [5, 5.41) is 11.9. The molecule has 19 heavy (non-hydrogen) atoms. The second-order valence-electron chi connectivity index (χ2n) is 5.28. The number of anilines is 1. The fraction of sp³-hybridized carbons (Fsp3) is 0.533. The molecular formula is C15H21N3O. The van der Waals surface area contributed by atoms with E-state index < -0.39 is 0 Å². The molecule has 1 aliphatic rings. The molecule has 0 saturated carbocycles. The summed E-state index contributed by atoms with van der Waals surface area (Å²) in [4.78, 5) is 0. The zero-order valence-electron chi connectivity index (χ0n) is 11.4. The van der Waals surface area contributed by atoms with Gasteiger partial charge in [-0.05, 0) is 31.4 Å². The van der Waals surface area contributed by atoms with Gasteiger partial charge in [-0.25, -0.2) is 0 Å². The van der Waals surface area contributed by atoms with Crippen molar-refractivity contribution in [1.29, 1.82) is 0 Å². The van der Waals surface area contributed by atoms with Gasteiger partial charge in [0.25, 0.3) is 0 Å². The van der Waals surface area contributed by atoms with Crippen LogP contribution in [0.25, 0.3) is 10.9 Å². The highest BCUT2D eigenvalue weighted by Gasteiger charge is 2.22. The van der Waals surface area contributed by atoms with Gasteiger partial charge in [0, 0.05) is 23.7 Å². The molecule has 1 aromatic heterocycles. The van der Waals surface area contributed by atoms with Crippen LogP contribution in [0.15, 0.2) is 24.4 Å². The largest absolute Gasteiger partial charge is 0.382 e. The molecule has 2 unspecified atom stereocenters. The standard InChI is InChI=1S/C15H21N3O/c1-2-4-12-9-11(7-8-19-12)17-14-5-3-6-15-13(14)10-16-18-15/h3,5-6,10-12,17H,2,4,7-9H2,1H3,(H,16,18). The van der Waals surface area contributed by atoms with Gasteiger partial charge in [0.2, 0.25) is 0 Å². The van der Waals surface area contributed by atoms with Crippen LogP contribution in [0.5, 0.6) is 0 Å². The highest BCUT2D eigenvalue weighted by molar-refractivity contribution is 5.90. The third-order valence-corrected chi connectivity index (χ3v) is 3.82. The summed E-state index contributed by atoms with van der Waals surface area (Å²) in [6.07, 6.45) is 6.83. The normalized spacial score (nSPS) is 23.6. The van der Waals surface area contributed by atoms with Crippen LogP contribution in [-0.2, 0) is 4.74 Å². The van der Waals surface area contributed by atoms with Crippen molar-refractivity contribution in [3.05, 3.63) is 24.4 Å². The maximum absolute atomic E-state index is 5.80. The molecule has 4 heteroatoms.